The number of alkyl halides is 3. The third-order valence-corrected chi connectivity index (χ3v) is 12.5. The zero-order chi connectivity index (χ0) is 41.5. The average Bonchev–Trinajstić information content (AvgIpc) is 3.78. The number of rotatable bonds is 5. The molecule has 1 spiro atoms. The molecule has 0 bridgehead atoms. The highest BCUT2D eigenvalue weighted by Crippen LogP contribution is 2.52. The molecule has 1 aliphatic carbocycles. The first kappa shape index (κ1) is 42.2. The number of carbonyl (C=O) groups is 4. The molecule has 57 heavy (non-hydrogen) atoms. The van der Waals surface area contributed by atoms with Crippen LogP contribution in [0.15, 0.2) is 30.4 Å². The van der Waals surface area contributed by atoms with E-state index in [9.17, 15) is 41.7 Å². The van der Waals surface area contributed by atoms with Crippen molar-refractivity contribution in [2.45, 2.75) is 138 Å². The van der Waals surface area contributed by atoms with Crippen molar-refractivity contribution in [3.05, 3.63) is 41.6 Å². The fraction of sp³-hybridized carbons (Fsp3) is 0.615. The molecule has 1 aromatic heterocycles. The zero-order valence-corrected chi connectivity index (χ0v) is 33.4. The van der Waals surface area contributed by atoms with E-state index in [2.05, 4.69) is 20.3 Å². The maximum Gasteiger partial charge on any atom is 0.437 e. The number of alkyl carbamates (subject to hydrolysis) is 1. The van der Waals surface area contributed by atoms with E-state index < -0.39 is 99.1 Å². The van der Waals surface area contributed by atoms with Gasteiger partial charge < -0.3 is 34.9 Å². The molecule has 0 radical (unpaired) electrons. The number of ether oxygens (including phenoxy) is 3. The fourth-order valence-corrected chi connectivity index (χ4v) is 8.59. The van der Waals surface area contributed by atoms with Gasteiger partial charge in [-0.3, -0.25) is 19.1 Å². The van der Waals surface area contributed by atoms with E-state index in [0.29, 0.717) is 44.3 Å². The van der Waals surface area contributed by atoms with E-state index in [1.54, 1.807) is 33.8 Å². The molecule has 2 aromatic rings. The maximum atomic E-state index is 14.7. The van der Waals surface area contributed by atoms with Crippen LogP contribution in [0.2, 0.25) is 0 Å². The second kappa shape index (κ2) is 16.1. The highest BCUT2D eigenvalue weighted by molar-refractivity contribution is 7.85. The lowest BCUT2D eigenvalue weighted by Gasteiger charge is -2.39. The van der Waals surface area contributed by atoms with Crippen LogP contribution in [0.4, 0.5) is 18.0 Å². The van der Waals surface area contributed by atoms with Crippen molar-refractivity contribution in [1.82, 2.24) is 25.2 Å². The number of aliphatic hydroxyl groups is 1. The summed E-state index contributed by atoms with van der Waals surface area (Å²) in [6.45, 7) is 6.28. The highest BCUT2D eigenvalue weighted by atomic mass is 32.2. The molecule has 18 heteroatoms. The number of amides is 4. The second-order valence-electron chi connectivity index (χ2n) is 16.6. The Labute approximate surface area is 331 Å². The van der Waals surface area contributed by atoms with Crippen LogP contribution in [-0.2, 0) is 36.3 Å². The molecule has 6 rings (SSSR count). The number of hydrogen-bond acceptors (Lipinski definition) is 10. The van der Waals surface area contributed by atoms with Crippen molar-refractivity contribution in [3.63, 3.8) is 0 Å². The van der Waals surface area contributed by atoms with E-state index in [1.807, 2.05) is 6.08 Å². The predicted octanol–water partition coefficient (Wildman–Crippen LogP) is 5.04. The van der Waals surface area contributed by atoms with Gasteiger partial charge in [-0.2, -0.15) is 13.2 Å². The van der Waals surface area contributed by atoms with Gasteiger partial charge in [-0.25, -0.2) is 14.0 Å². The molecule has 1 saturated heterocycles. The SMILES string of the molecule is COc1ccc2nc(C(F)(F)F)c3c(c2c1)C(O)C[C@]1(CC2C(=O)NC(C(=O)NS(=O)C4(C)CC4)C/C=C\CCCCC[C@H](NC(=O)OC(C)(C)C)C(=O)N2C1)O3. The molecule has 3 aliphatic heterocycles. The summed E-state index contributed by atoms with van der Waals surface area (Å²) in [5.41, 5.74) is -4.27. The number of nitrogens with zero attached hydrogens (tertiary/aromatic N) is 2. The van der Waals surface area contributed by atoms with Gasteiger partial charge in [0.2, 0.25) is 11.8 Å². The Morgan fingerprint density at radius 2 is 1.84 bits per heavy atom. The van der Waals surface area contributed by atoms with Gasteiger partial charge in [0, 0.05) is 23.8 Å². The quantitative estimate of drug-likeness (QED) is 0.298. The van der Waals surface area contributed by atoms with Gasteiger partial charge in [-0.1, -0.05) is 25.0 Å². The van der Waals surface area contributed by atoms with Gasteiger partial charge in [0.1, 0.15) is 46.1 Å². The molecule has 4 amide bonds. The number of fused-ring (bicyclic) bond motifs is 4. The molecule has 4 unspecified atom stereocenters. The first-order valence-corrected chi connectivity index (χ1v) is 20.3. The minimum absolute atomic E-state index is 0.0276. The van der Waals surface area contributed by atoms with Crippen LogP contribution in [0.1, 0.15) is 109 Å². The van der Waals surface area contributed by atoms with Gasteiger partial charge in [0.25, 0.3) is 5.91 Å². The monoisotopic (exact) mass is 821 g/mol. The number of benzene rings is 1. The van der Waals surface area contributed by atoms with Gasteiger partial charge in [-0.15, -0.1) is 0 Å². The van der Waals surface area contributed by atoms with Crippen molar-refractivity contribution < 1.29 is 55.9 Å². The molecular weight excluding hydrogens is 772 g/mol. The zero-order valence-electron chi connectivity index (χ0n) is 32.6. The largest absolute Gasteiger partial charge is 0.497 e. The third-order valence-electron chi connectivity index (χ3n) is 10.8. The van der Waals surface area contributed by atoms with Crippen molar-refractivity contribution >= 4 is 45.7 Å². The van der Waals surface area contributed by atoms with E-state index >= 15 is 0 Å². The standard InChI is InChI=1S/C39H50F3N5O9S/c1-36(2,3)56-35(52)45-26-13-11-9-7-6-8-10-12-25(32(49)46-57(53)37(4)16-17-37)44-33(50)27-19-38(21-47(27)34(26)51)20-28(48)29-23-18-22(54-5)14-15-24(23)43-31(30(29)55-38)39(40,41)42/h8,10,14-15,18,25-28,48H,6-7,9,11-13,16-17,19-21H2,1-5H3,(H,44,50)(H,45,52)(H,46,49)/b10-8-/t25?,26-,27?,28?,38-,57?/m0/s1. The van der Waals surface area contributed by atoms with Crippen LogP contribution in [0.5, 0.6) is 11.5 Å². The second-order valence-corrected chi connectivity index (χ2v) is 18.3. The predicted molar refractivity (Wildman–Crippen MR) is 202 cm³/mol. The number of carbonyl (C=O) groups excluding carboxylic acids is 4. The van der Waals surface area contributed by atoms with E-state index in [4.69, 9.17) is 14.2 Å². The summed E-state index contributed by atoms with van der Waals surface area (Å²) in [5, 5.41) is 17.2. The molecule has 2 fully saturated rings. The Morgan fingerprint density at radius 1 is 1.11 bits per heavy atom. The molecule has 4 N–H and O–H groups in total. The topological polar surface area (TPSA) is 185 Å². The summed E-state index contributed by atoms with van der Waals surface area (Å²) < 4.78 is 76.1. The van der Waals surface area contributed by atoms with Gasteiger partial charge in [0.05, 0.1) is 30.0 Å². The number of halogens is 3. The molecule has 14 nitrogen and oxygen atoms in total. The summed E-state index contributed by atoms with van der Waals surface area (Å²) >= 11 is 0. The van der Waals surface area contributed by atoms with Crippen LogP contribution in [0.25, 0.3) is 10.9 Å². The first-order valence-electron chi connectivity index (χ1n) is 19.2. The molecule has 312 valence electrons. The van der Waals surface area contributed by atoms with Gasteiger partial charge >= 0.3 is 12.3 Å². The van der Waals surface area contributed by atoms with Crippen LogP contribution in [0, 0.1) is 0 Å². The molecular formula is C39H50F3N5O9S. The summed E-state index contributed by atoms with van der Waals surface area (Å²) in [7, 11) is -0.345. The van der Waals surface area contributed by atoms with Crippen molar-refractivity contribution in [2.24, 2.45) is 0 Å². The molecule has 1 saturated carbocycles. The average molecular weight is 822 g/mol. The van der Waals surface area contributed by atoms with Crippen molar-refractivity contribution in [1.29, 1.82) is 0 Å². The number of nitrogens with one attached hydrogen (secondary N) is 3. The van der Waals surface area contributed by atoms with Gasteiger partial charge in [0.15, 0.2) is 11.4 Å². The molecule has 1 aromatic carbocycles. The first-order chi connectivity index (χ1) is 26.7. The third kappa shape index (κ3) is 9.48. The minimum atomic E-state index is -5.03. The van der Waals surface area contributed by atoms with E-state index in [-0.39, 0.29) is 42.1 Å². The number of pyridine rings is 1. The number of aromatic nitrogens is 1. The van der Waals surface area contributed by atoms with E-state index in [1.165, 1.54) is 25.3 Å². The van der Waals surface area contributed by atoms with Crippen LogP contribution in [-0.4, -0.2) is 90.7 Å². The van der Waals surface area contributed by atoms with Gasteiger partial charge in [-0.05, 0) is 84.4 Å². The lowest BCUT2D eigenvalue weighted by molar-refractivity contribution is -0.145. The molecule has 6 atom stereocenters. The Morgan fingerprint density at radius 3 is 2.51 bits per heavy atom. The molecule has 4 aliphatic rings. The number of hydrogen-bond donors (Lipinski definition) is 4. The van der Waals surface area contributed by atoms with Crippen LogP contribution in [0.3, 0.4) is 0 Å². The maximum absolute atomic E-state index is 14.7. The summed E-state index contributed by atoms with van der Waals surface area (Å²) in [6.07, 6.45) is -0.597. The number of allylic oxidation sites excluding steroid dienone is 1. The molecule has 4 heterocycles. The fourth-order valence-electron chi connectivity index (χ4n) is 7.54. The number of methoxy groups -OCH3 is 1. The van der Waals surface area contributed by atoms with Crippen LogP contribution < -0.4 is 24.8 Å². The summed E-state index contributed by atoms with van der Waals surface area (Å²) in [4.78, 5) is 60.7. The minimum Gasteiger partial charge on any atom is -0.497 e. The number of aliphatic hydroxyl groups excluding tert-OH is 1. The Hall–Kier alpha value is -4.45. The van der Waals surface area contributed by atoms with E-state index in [0.717, 1.165) is 4.90 Å². The summed E-state index contributed by atoms with van der Waals surface area (Å²) in [6, 6.07) is 0.362. The lowest BCUT2D eigenvalue weighted by Crippen LogP contribution is -2.56. The smallest absolute Gasteiger partial charge is 0.437 e. The normalized spacial score (nSPS) is 27.8. The van der Waals surface area contributed by atoms with Crippen LogP contribution >= 0.6 is 0 Å². The summed E-state index contributed by atoms with van der Waals surface area (Å²) in [5.74, 6) is -2.69. The Balaban J connectivity index is 1.40. The lowest BCUT2D eigenvalue weighted by atomic mass is 9.85. The van der Waals surface area contributed by atoms with Crippen molar-refractivity contribution in [2.75, 3.05) is 13.7 Å². The Kier molecular flexibility index (Phi) is 11.9. The highest BCUT2D eigenvalue weighted by Gasteiger charge is 2.56. The Bertz CT molecular complexity index is 1970. The van der Waals surface area contributed by atoms with Crippen molar-refractivity contribution in [3.8, 4) is 11.5 Å².